The molecule has 0 radical (unpaired) electrons. The van der Waals surface area contributed by atoms with Gasteiger partial charge < -0.3 is 19.1 Å². The summed E-state index contributed by atoms with van der Waals surface area (Å²) in [6.45, 7) is 6.83. The average molecular weight is 397 g/mol. The van der Waals surface area contributed by atoms with E-state index in [9.17, 15) is 0 Å². The second-order valence-electron chi connectivity index (χ2n) is 8.06. The molecular weight excluding hydrogens is 370 g/mol. The Hall–Kier alpha value is -2.77. The Bertz CT molecular complexity index is 875. The summed E-state index contributed by atoms with van der Waals surface area (Å²) in [5, 5.41) is 1.69. The van der Waals surface area contributed by atoms with Crippen molar-refractivity contribution in [1.82, 2.24) is 9.96 Å². The molecule has 2 aromatic rings. The van der Waals surface area contributed by atoms with Gasteiger partial charge >= 0.3 is 0 Å². The number of rotatable bonds is 2. The summed E-state index contributed by atoms with van der Waals surface area (Å²) >= 11 is 0. The first kappa shape index (κ1) is 19.5. The number of hydrogen-bond donors (Lipinski definition) is 0. The summed E-state index contributed by atoms with van der Waals surface area (Å²) in [4.78, 5) is 13.7. The molecule has 0 bridgehead atoms. The van der Waals surface area contributed by atoms with Crippen LogP contribution in [-0.4, -0.2) is 49.1 Å². The largest absolute Gasteiger partial charge is 0.457 e. The summed E-state index contributed by atoms with van der Waals surface area (Å²) in [6.07, 6.45) is 0. The highest BCUT2D eigenvalue weighted by Gasteiger charge is 2.50. The van der Waals surface area contributed by atoms with Crippen molar-refractivity contribution in [2.45, 2.75) is 32.0 Å². The smallest absolute Gasteiger partial charge is 0.247 e. The van der Waals surface area contributed by atoms with Gasteiger partial charge in [-0.25, -0.2) is 14.9 Å². The van der Waals surface area contributed by atoms with Crippen LogP contribution in [0.25, 0.3) is 0 Å². The summed E-state index contributed by atoms with van der Waals surface area (Å²) in [5.74, 6) is 2.02. The lowest BCUT2D eigenvalue weighted by Gasteiger charge is -2.37. The van der Waals surface area contributed by atoms with Gasteiger partial charge in [0, 0.05) is 19.7 Å². The maximum absolute atomic E-state index is 6.49. The maximum Gasteiger partial charge on any atom is 0.247 e. The van der Waals surface area contributed by atoms with Gasteiger partial charge in [0.2, 0.25) is 18.5 Å². The summed E-state index contributed by atoms with van der Waals surface area (Å²) in [5.41, 5.74) is 0.286. The summed E-state index contributed by atoms with van der Waals surface area (Å²) in [6, 6.07) is 15.5. The number of fused-ring (bicyclic) bond motifs is 4. The minimum Gasteiger partial charge on any atom is -0.457 e. The maximum atomic E-state index is 6.49. The monoisotopic (exact) mass is 397 g/mol. The molecule has 29 heavy (non-hydrogen) atoms. The van der Waals surface area contributed by atoms with Crippen LogP contribution in [0.15, 0.2) is 53.5 Å². The van der Waals surface area contributed by atoms with Gasteiger partial charge in [-0.1, -0.05) is 24.3 Å². The number of aliphatic imine (C=N–C) groups is 1. The van der Waals surface area contributed by atoms with Crippen LogP contribution in [0.2, 0.25) is 0 Å². The normalized spacial score (nSPS) is 17.4. The van der Waals surface area contributed by atoms with Gasteiger partial charge in [0.1, 0.15) is 18.2 Å². The van der Waals surface area contributed by atoms with Crippen molar-refractivity contribution >= 4 is 5.96 Å². The van der Waals surface area contributed by atoms with Gasteiger partial charge in [-0.15, -0.1) is 0 Å². The topological polar surface area (TPSA) is 55.8 Å². The fourth-order valence-corrected chi connectivity index (χ4v) is 3.65. The molecule has 0 saturated carbocycles. The Balaban J connectivity index is 1.96. The number of methoxy groups -OCH3 is 1. The van der Waals surface area contributed by atoms with Gasteiger partial charge in [-0.2, -0.15) is 0 Å². The Morgan fingerprint density at radius 2 is 1.59 bits per heavy atom. The van der Waals surface area contributed by atoms with Crippen LogP contribution < -0.4 is 9.47 Å². The summed E-state index contributed by atoms with van der Waals surface area (Å²) in [7, 11) is 3.53. The van der Waals surface area contributed by atoms with E-state index < -0.39 is 5.72 Å². The first-order chi connectivity index (χ1) is 13.9. The fourth-order valence-electron chi connectivity index (χ4n) is 3.65. The van der Waals surface area contributed by atoms with Crippen molar-refractivity contribution in [3.63, 3.8) is 0 Å². The molecule has 2 aliphatic heterocycles. The van der Waals surface area contributed by atoms with Crippen LogP contribution >= 0.6 is 0 Å². The number of para-hydroxylation sites is 2. The van der Waals surface area contributed by atoms with Crippen LogP contribution in [0.5, 0.6) is 11.5 Å². The van der Waals surface area contributed by atoms with E-state index in [0.29, 0.717) is 24.2 Å². The molecule has 7 heteroatoms. The summed E-state index contributed by atoms with van der Waals surface area (Å²) < 4.78 is 17.2. The SMILES string of the molecule is COCN(C1=NC2(ON1C)c1ccccc1OCOc1ccccc12)C(C)(C)C. The zero-order chi connectivity index (χ0) is 20.6. The van der Waals surface area contributed by atoms with E-state index in [1.165, 1.54) is 0 Å². The molecule has 0 N–H and O–H groups in total. The highest BCUT2D eigenvalue weighted by atomic mass is 16.7. The average Bonchev–Trinajstić information content (AvgIpc) is 3.03. The number of hydroxylamine groups is 2. The molecule has 154 valence electrons. The molecule has 0 saturated heterocycles. The molecule has 1 spiro atoms. The third-order valence-corrected chi connectivity index (χ3v) is 5.05. The number of benzene rings is 2. The first-order valence-electron chi connectivity index (χ1n) is 9.61. The minimum absolute atomic E-state index is 0.119. The molecule has 0 aliphatic carbocycles. The number of ether oxygens (including phenoxy) is 3. The minimum atomic E-state index is -1.13. The molecule has 0 unspecified atom stereocenters. The van der Waals surface area contributed by atoms with Gasteiger partial charge in [0.25, 0.3) is 0 Å². The Labute approximate surface area is 171 Å². The lowest BCUT2D eigenvalue weighted by molar-refractivity contribution is -0.160. The van der Waals surface area contributed by atoms with Gasteiger partial charge in [0.15, 0.2) is 0 Å². The second kappa shape index (κ2) is 7.24. The van der Waals surface area contributed by atoms with Crippen molar-refractivity contribution in [1.29, 1.82) is 0 Å². The van der Waals surface area contributed by atoms with Gasteiger partial charge in [-0.3, -0.25) is 0 Å². The highest BCUT2D eigenvalue weighted by Crippen LogP contribution is 2.48. The first-order valence-corrected chi connectivity index (χ1v) is 9.61. The Morgan fingerprint density at radius 3 is 2.10 bits per heavy atom. The van der Waals surface area contributed by atoms with Crippen LogP contribution in [0, 0.1) is 0 Å². The van der Waals surface area contributed by atoms with Crippen molar-refractivity contribution < 1.29 is 19.0 Å². The quantitative estimate of drug-likeness (QED) is 0.723. The van der Waals surface area contributed by atoms with E-state index in [2.05, 4.69) is 25.7 Å². The van der Waals surface area contributed by atoms with E-state index in [-0.39, 0.29) is 12.3 Å². The molecule has 0 atom stereocenters. The van der Waals surface area contributed by atoms with E-state index in [4.69, 9.17) is 24.0 Å². The van der Waals surface area contributed by atoms with Gasteiger partial charge in [0.05, 0.1) is 11.1 Å². The highest BCUT2D eigenvalue weighted by molar-refractivity contribution is 5.82. The van der Waals surface area contributed by atoms with Crippen LogP contribution in [-0.2, 0) is 15.3 Å². The molecule has 0 amide bonds. The molecule has 2 aliphatic rings. The zero-order valence-corrected chi connectivity index (χ0v) is 17.5. The Kier molecular flexibility index (Phi) is 4.88. The molecule has 4 rings (SSSR count). The third kappa shape index (κ3) is 3.30. The predicted octanol–water partition coefficient (Wildman–Crippen LogP) is 3.55. The molecule has 0 fully saturated rings. The molecular formula is C22H27N3O4. The van der Waals surface area contributed by atoms with Crippen LogP contribution in [0.1, 0.15) is 31.9 Å². The molecule has 0 aromatic heterocycles. The Morgan fingerprint density at radius 1 is 1.03 bits per heavy atom. The zero-order valence-electron chi connectivity index (χ0n) is 17.5. The molecule has 2 aromatic carbocycles. The second-order valence-corrected chi connectivity index (χ2v) is 8.06. The lowest BCUT2D eigenvalue weighted by atomic mass is 9.93. The van der Waals surface area contributed by atoms with Crippen LogP contribution in [0.4, 0.5) is 0 Å². The fraction of sp³-hybridized carbons (Fsp3) is 0.409. The predicted molar refractivity (Wildman–Crippen MR) is 110 cm³/mol. The van der Waals surface area contributed by atoms with Crippen molar-refractivity contribution in [3.05, 3.63) is 59.7 Å². The van der Waals surface area contributed by atoms with E-state index in [1.54, 1.807) is 12.2 Å². The van der Waals surface area contributed by atoms with E-state index in [1.807, 2.05) is 55.6 Å². The third-order valence-electron chi connectivity index (χ3n) is 5.05. The van der Waals surface area contributed by atoms with Crippen molar-refractivity contribution in [2.75, 3.05) is 27.7 Å². The van der Waals surface area contributed by atoms with Crippen LogP contribution in [0.3, 0.4) is 0 Å². The lowest BCUT2D eigenvalue weighted by Crippen LogP contribution is -2.50. The van der Waals surface area contributed by atoms with Crippen molar-refractivity contribution in [2.24, 2.45) is 4.99 Å². The van der Waals surface area contributed by atoms with Crippen molar-refractivity contribution in [3.8, 4) is 11.5 Å². The van der Waals surface area contributed by atoms with Gasteiger partial charge in [-0.05, 0) is 45.0 Å². The molecule has 2 heterocycles. The molecule has 7 nitrogen and oxygen atoms in total. The van der Waals surface area contributed by atoms with E-state index in [0.717, 1.165) is 11.1 Å². The van der Waals surface area contributed by atoms with E-state index >= 15 is 0 Å². The number of hydrogen-bond acceptors (Lipinski definition) is 7. The number of guanidine groups is 1. The number of nitrogens with zero attached hydrogens (tertiary/aromatic N) is 3. The standard InChI is InChI=1S/C22H27N3O4/c1-21(2,3)25(14-26-5)20-23-22(29-24(20)4)16-10-6-8-12-18(16)27-15-28-19-13-9-7-11-17(19)22/h6-13H,14-15H2,1-5H3.